The normalized spacial score (nSPS) is 27.2. The second kappa shape index (κ2) is 5.97. The predicted octanol–water partition coefficient (Wildman–Crippen LogP) is 3.73. The van der Waals surface area contributed by atoms with Gasteiger partial charge in [-0.2, -0.15) is 43.9 Å². The molecule has 156 valence electrons. The molecule has 0 saturated heterocycles. The van der Waals surface area contributed by atoms with Crippen LogP contribution in [-0.4, -0.2) is 46.7 Å². The van der Waals surface area contributed by atoms with Crippen LogP contribution in [0.1, 0.15) is 20.8 Å². The highest BCUT2D eigenvalue weighted by atomic mass is 35.5. The Balaban J connectivity index is 0.00000625. The molecule has 1 fully saturated rings. The Morgan fingerprint density at radius 1 is 0.654 bits per heavy atom. The van der Waals surface area contributed by atoms with Crippen LogP contribution in [-0.2, 0) is 4.79 Å². The lowest BCUT2D eigenvalue weighted by molar-refractivity contribution is -0.476. The number of carbonyl (C=O) groups is 1. The first-order valence-corrected chi connectivity index (χ1v) is 6.28. The van der Waals surface area contributed by atoms with Crippen molar-refractivity contribution in [1.29, 1.82) is 0 Å². The van der Waals surface area contributed by atoms with E-state index >= 15 is 0 Å². The van der Waals surface area contributed by atoms with Crippen LogP contribution in [0.15, 0.2) is 0 Å². The van der Waals surface area contributed by atoms with Crippen LogP contribution < -0.4 is 10.9 Å². The van der Waals surface area contributed by atoms with Crippen molar-refractivity contribution >= 4 is 18.3 Å². The molecule has 0 aromatic rings. The van der Waals surface area contributed by atoms with Gasteiger partial charge in [-0.1, -0.05) is 0 Å². The van der Waals surface area contributed by atoms with E-state index in [1.807, 2.05) is 0 Å². The Hall–Kier alpha value is -1.05. The summed E-state index contributed by atoms with van der Waals surface area (Å²) in [7, 11) is 0. The van der Waals surface area contributed by atoms with Crippen molar-refractivity contribution in [3.05, 3.63) is 0 Å². The molecule has 0 radical (unpaired) electrons. The highest BCUT2D eigenvalue weighted by molar-refractivity contribution is 5.88. The number of hydrogen-bond donors (Lipinski definition) is 2. The first-order chi connectivity index (χ1) is 10.6. The van der Waals surface area contributed by atoms with Crippen LogP contribution in [0.3, 0.4) is 0 Å². The smallest absolute Gasteiger partial charge is 0.288 e. The fourth-order valence-electron chi connectivity index (χ4n) is 1.84. The van der Waals surface area contributed by atoms with Gasteiger partial charge in [0.1, 0.15) is 0 Å². The molecule has 15 heteroatoms. The third kappa shape index (κ3) is 2.62. The largest absolute Gasteiger partial charge is 0.384 e. The van der Waals surface area contributed by atoms with Gasteiger partial charge in [-0.05, 0) is 20.8 Å². The lowest BCUT2D eigenvalue weighted by Crippen LogP contribution is -2.86. The van der Waals surface area contributed by atoms with E-state index in [-0.39, 0.29) is 12.4 Å². The van der Waals surface area contributed by atoms with Crippen molar-refractivity contribution in [2.24, 2.45) is 0 Å². The average Bonchev–Trinajstić information content (AvgIpc) is 2.40. The summed E-state index contributed by atoms with van der Waals surface area (Å²) in [5.74, 6) is -39.7. The third-order valence-electron chi connectivity index (χ3n) is 3.31. The second-order valence-corrected chi connectivity index (χ2v) is 6.36. The molecule has 26 heavy (non-hydrogen) atoms. The minimum absolute atomic E-state index is 0. The van der Waals surface area contributed by atoms with Gasteiger partial charge in [-0.3, -0.25) is 10.2 Å². The van der Waals surface area contributed by atoms with Crippen LogP contribution in [0, 0.1) is 0 Å². The van der Waals surface area contributed by atoms with Crippen LogP contribution in [0.25, 0.3) is 0 Å². The highest BCUT2D eigenvalue weighted by Crippen LogP contribution is 2.69. The molecule has 1 saturated carbocycles. The maximum Gasteiger partial charge on any atom is 0.384 e. The first kappa shape index (κ1) is 24.9. The Bertz CT molecular complexity index is 543. The average molecular weight is 433 g/mol. The molecule has 0 atom stereocenters. The fourth-order valence-corrected chi connectivity index (χ4v) is 1.84. The number of halogens is 12. The second-order valence-electron chi connectivity index (χ2n) is 6.36. The van der Waals surface area contributed by atoms with Crippen molar-refractivity contribution in [3.63, 3.8) is 0 Å². The molecule has 3 nitrogen and oxygen atoms in total. The van der Waals surface area contributed by atoms with Crippen LogP contribution in [0.4, 0.5) is 48.3 Å². The monoisotopic (exact) mass is 432 g/mol. The molecular formula is C11H12ClF11N2O. The molecule has 0 aliphatic heterocycles. The summed E-state index contributed by atoms with van der Waals surface area (Å²) in [4.78, 5) is 11.4. The van der Waals surface area contributed by atoms with Crippen LogP contribution in [0.5, 0.6) is 0 Å². The van der Waals surface area contributed by atoms with E-state index in [2.05, 4.69) is 0 Å². The molecule has 2 N–H and O–H groups in total. The number of alkyl halides is 11. The van der Waals surface area contributed by atoms with Gasteiger partial charge in [0.25, 0.3) is 5.91 Å². The molecule has 0 heterocycles. The van der Waals surface area contributed by atoms with Crippen molar-refractivity contribution in [1.82, 2.24) is 10.9 Å². The molecule has 1 amide bonds. The van der Waals surface area contributed by atoms with Gasteiger partial charge in [0.05, 0.1) is 0 Å². The van der Waals surface area contributed by atoms with Gasteiger partial charge in [0, 0.05) is 5.54 Å². The summed E-state index contributed by atoms with van der Waals surface area (Å²) >= 11 is 0. The Morgan fingerprint density at radius 3 is 1.19 bits per heavy atom. The maximum absolute atomic E-state index is 14.2. The minimum atomic E-state index is -7.35. The topological polar surface area (TPSA) is 41.1 Å². The van der Waals surface area contributed by atoms with Crippen molar-refractivity contribution < 1.29 is 53.1 Å². The lowest BCUT2D eigenvalue weighted by atomic mass is 9.72. The van der Waals surface area contributed by atoms with E-state index in [9.17, 15) is 53.1 Å². The van der Waals surface area contributed by atoms with Gasteiger partial charge in [0.2, 0.25) is 0 Å². The summed E-state index contributed by atoms with van der Waals surface area (Å²) in [5, 5.41) is 0. The van der Waals surface area contributed by atoms with Gasteiger partial charge >= 0.3 is 35.3 Å². The molecule has 0 aromatic heterocycles. The third-order valence-corrected chi connectivity index (χ3v) is 3.31. The molecule has 1 rings (SSSR count). The molecule has 0 unspecified atom stereocenters. The zero-order valence-electron chi connectivity index (χ0n) is 13.0. The standard InChI is InChI=1S/C11H11F11N2O.ClH/c1-5(2,3)24-23-4(25)6(12)7(13,14)9(17,18)11(21,22)10(19,20)8(6,15)16;/h24H,1-3H3,(H,23,25);1H. The number of rotatable bonds is 2. The number of hydrazine groups is 1. The van der Waals surface area contributed by atoms with Crippen molar-refractivity contribution in [3.8, 4) is 0 Å². The van der Waals surface area contributed by atoms with E-state index in [0.717, 1.165) is 26.2 Å². The van der Waals surface area contributed by atoms with Crippen molar-refractivity contribution in [2.75, 3.05) is 0 Å². The zero-order chi connectivity index (χ0) is 20.5. The maximum atomic E-state index is 14.2. The van der Waals surface area contributed by atoms with Gasteiger partial charge in [-0.25, -0.2) is 9.82 Å². The summed E-state index contributed by atoms with van der Waals surface area (Å²) in [6, 6.07) is 0. The summed E-state index contributed by atoms with van der Waals surface area (Å²) < 4.78 is 147. The fraction of sp³-hybridized carbons (Fsp3) is 0.909. The SMILES string of the molecule is CC(C)(C)NNC(=O)C1(F)C(F)(F)C(F)(F)C(F)(F)C(F)(F)C1(F)F.Cl. The summed E-state index contributed by atoms with van der Waals surface area (Å²) in [5.41, 5.74) is -5.61. The van der Waals surface area contributed by atoms with E-state index in [1.54, 1.807) is 5.43 Å². The Morgan fingerprint density at radius 2 is 0.923 bits per heavy atom. The van der Waals surface area contributed by atoms with E-state index in [0.29, 0.717) is 0 Å². The lowest BCUT2D eigenvalue weighted by Gasteiger charge is -2.51. The Kier molecular flexibility index (Phi) is 5.73. The molecule has 0 spiro atoms. The molecule has 0 bridgehead atoms. The van der Waals surface area contributed by atoms with Gasteiger partial charge in [0.15, 0.2) is 0 Å². The minimum Gasteiger partial charge on any atom is -0.288 e. The quantitative estimate of drug-likeness (QED) is 0.516. The molecule has 0 aromatic carbocycles. The number of nitrogens with one attached hydrogen (secondary N) is 2. The first-order valence-electron chi connectivity index (χ1n) is 6.28. The van der Waals surface area contributed by atoms with Crippen molar-refractivity contribution in [2.45, 2.75) is 61.6 Å². The van der Waals surface area contributed by atoms with Gasteiger partial charge < -0.3 is 0 Å². The molecule has 1 aliphatic carbocycles. The highest BCUT2D eigenvalue weighted by Gasteiger charge is 3.02. The number of amides is 1. The predicted molar refractivity (Wildman–Crippen MR) is 66.9 cm³/mol. The molecule has 1 aliphatic rings. The number of carbonyl (C=O) groups excluding carboxylic acids is 1. The van der Waals surface area contributed by atoms with E-state index in [4.69, 9.17) is 0 Å². The summed E-state index contributed by atoms with van der Waals surface area (Å²) in [6.07, 6.45) is 0. The summed E-state index contributed by atoms with van der Waals surface area (Å²) in [6.45, 7) is 3.44. The van der Waals surface area contributed by atoms with Gasteiger partial charge in [-0.15, -0.1) is 12.4 Å². The van der Waals surface area contributed by atoms with E-state index in [1.165, 1.54) is 0 Å². The number of hydrogen-bond acceptors (Lipinski definition) is 2. The van der Waals surface area contributed by atoms with Crippen LogP contribution in [0.2, 0.25) is 0 Å². The zero-order valence-corrected chi connectivity index (χ0v) is 13.8. The van der Waals surface area contributed by atoms with E-state index < -0.39 is 46.7 Å². The Labute approximate surface area is 145 Å². The molecular weight excluding hydrogens is 421 g/mol. The van der Waals surface area contributed by atoms with Crippen LogP contribution >= 0.6 is 12.4 Å².